The van der Waals surface area contributed by atoms with Crippen LogP contribution in [-0.2, 0) is 6.42 Å². The van der Waals surface area contributed by atoms with Crippen molar-refractivity contribution in [1.82, 2.24) is 0 Å². The van der Waals surface area contributed by atoms with E-state index >= 15 is 0 Å². The Morgan fingerprint density at radius 1 is 0.962 bits per heavy atom. The van der Waals surface area contributed by atoms with E-state index in [0.29, 0.717) is 11.1 Å². The van der Waals surface area contributed by atoms with Gasteiger partial charge < -0.3 is 10.2 Å². The van der Waals surface area contributed by atoms with Gasteiger partial charge in [0.25, 0.3) is 5.91 Å². The number of nitrogens with one attached hydrogen (secondary N) is 1. The molecule has 0 atom stereocenters. The van der Waals surface area contributed by atoms with Crippen LogP contribution in [0.4, 0.5) is 17.1 Å². The van der Waals surface area contributed by atoms with Gasteiger partial charge in [-0.2, -0.15) is 5.26 Å². The zero-order chi connectivity index (χ0) is 17.9. The highest BCUT2D eigenvalue weighted by Gasteiger charge is 2.22. The molecule has 3 aromatic rings. The molecule has 1 N–H and O–H groups in total. The second-order valence-corrected chi connectivity index (χ2v) is 6.19. The molecule has 0 aliphatic carbocycles. The molecule has 1 heterocycles. The van der Waals surface area contributed by atoms with Gasteiger partial charge in [-0.15, -0.1) is 0 Å². The van der Waals surface area contributed by atoms with Gasteiger partial charge in [0.15, 0.2) is 0 Å². The molecule has 0 saturated carbocycles. The van der Waals surface area contributed by atoms with Crippen molar-refractivity contribution in [2.45, 2.75) is 6.42 Å². The number of benzene rings is 3. The van der Waals surface area contributed by atoms with E-state index in [-0.39, 0.29) is 5.91 Å². The molecule has 26 heavy (non-hydrogen) atoms. The number of anilines is 3. The van der Waals surface area contributed by atoms with Crippen molar-refractivity contribution in [3.8, 4) is 6.07 Å². The van der Waals surface area contributed by atoms with Gasteiger partial charge in [-0.05, 0) is 48.4 Å². The molecule has 1 amide bonds. The van der Waals surface area contributed by atoms with Gasteiger partial charge in [0.1, 0.15) is 0 Å². The average molecular weight is 339 g/mol. The number of nitrogens with zero attached hydrogens (tertiary/aromatic N) is 2. The maximum absolute atomic E-state index is 12.7. The van der Waals surface area contributed by atoms with Gasteiger partial charge in [-0.3, -0.25) is 4.79 Å². The lowest BCUT2D eigenvalue weighted by Crippen LogP contribution is -2.18. The van der Waals surface area contributed by atoms with Crippen LogP contribution in [0.15, 0.2) is 72.8 Å². The van der Waals surface area contributed by atoms with E-state index in [1.165, 1.54) is 11.3 Å². The Hall–Kier alpha value is -3.58. The van der Waals surface area contributed by atoms with Crippen molar-refractivity contribution in [1.29, 1.82) is 5.26 Å². The Kier molecular flexibility index (Phi) is 4.12. The van der Waals surface area contributed by atoms with E-state index < -0.39 is 0 Å². The Balaban J connectivity index is 1.65. The van der Waals surface area contributed by atoms with Crippen LogP contribution in [0.25, 0.3) is 0 Å². The summed E-state index contributed by atoms with van der Waals surface area (Å²) in [5, 5.41) is 12.0. The first-order valence-corrected chi connectivity index (χ1v) is 8.52. The number of fused-ring (bicyclic) bond motifs is 1. The third-order valence-corrected chi connectivity index (χ3v) is 4.58. The Labute approximate surface area is 152 Å². The number of carbonyl (C=O) groups is 1. The highest BCUT2D eigenvalue weighted by atomic mass is 16.1. The Bertz CT molecular complexity index is 1020. The first kappa shape index (κ1) is 15.9. The smallest absolute Gasteiger partial charge is 0.255 e. The fraction of sp³-hybridized carbons (Fsp3) is 0.0909. The quantitative estimate of drug-likeness (QED) is 0.764. The van der Waals surface area contributed by atoms with Crippen LogP contribution in [-0.4, -0.2) is 12.5 Å². The SMILES string of the molecule is N#Cc1cccc(C(=O)Nc2ccccc2N2CCc3ccccc32)c1. The number of para-hydroxylation sites is 3. The minimum absolute atomic E-state index is 0.220. The van der Waals surface area contributed by atoms with Crippen molar-refractivity contribution in [2.75, 3.05) is 16.8 Å². The number of carbonyl (C=O) groups excluding carboxylic acids is 1. The zero-order valence-corrected chi connectivity index (χ0v) is 14.1. The minimum Gasteiger partial charge on any atom is -0.339 e. The molecule has 3 aromatic carbocycles. The summed E-state index contributed by atoms with van der Waals surface area (Å²) in [5.41, 5.74) is 5.18. The molecule has 0 fully saturated rings. The van der Waals surface area contributed by atoms with Gasteiger partial charge in [-0.25, -0.2) is 0 Å². The molecule has 4 heteroatoms. The number of hydrogen-bond acceptors (Lipinski definition) is 3. The van der Waals surface area contributed by atoms with Crippen molar-refractivity contribution >= 4 is 23.0 Å². The fourth-order valence-corrected chi connectivity index (χ4v) is 3.33. The van der Waals surface area contributed by atoms with Crippen LogP contribution >= 0.6 is 0 Å². The summed E-state index contributed by atoms with van der Waals surface area (Å²) in [4.78, 5) is 14.9. The largest absolute Gasteiger partial charge is 0.339 e. The van der Waals surface area contributed by atoms with Crippen LogP contribution < -0.4 is 10.2 Å². The Morgan fingerprint density at radius 2 is 1.73 bits per heavy atom. The summed E-state index contributed by atoms with van der Waals surface area (Å²) in [5.74, 6) is -0.220. The topological polar surface area (TPSA) is 56.1 Å². The maximum Gasteiger partial charge on any atom is 0.255 e. The maximum atomic E-state index is 12.7. The van der Waals surface area contributed by atoms with Crippen molar-refractivity contribution in [2.24, 2.45) is 0 Å². The molecule has 0 bridgehead atoms. The zero-order valence-electron chi connectivity index (χ0n) is 14.1. The molecule has 1 aliphatic rings. The van der Waals surface area contributed by atoms with E-state index in [1.807, 2.05) is 30.3 Å². The molecule has 0 spiro atoms. The summed E-state index contributed by atoms with van der Waals surface area (Å²) in [6.07, 6.45) is 0.989. The van der Waals surface area contributed by atoms with E-state index in [0.717, 1.165) is 24.3 Å². The molecule has 126 valence electrons. The summed E-state index contributed by atoms with van der Waals surface area (Å²) in [7, 11) is 0. The molecule has 4 nitrogen and oxygen atoms in total. The third kappa shape index (κ3) is 2.91. The third-order valence-electron chi connectivity index (χ3n) is 4.58. The highest BCUT2D eigenvalue weighted by molar-refractivity contribution is 6.06. The summed E-state index contributed by atoms with van der Waals surface area (Å²) in [6, 6.07) is 24.9. The second-order valence-electron chi connectivity index (χ2n) is 6.19. The van der Waals surface area contributed by atoms with Crippen LogP contribution in [0.5, 0.6) is 0 Å². The predicted octanol–water partition coefficient (Wildman–Crippen LogP) is 4.50. The van der Waals surface area contributed by atoms with Crippen molar-refractivity contribution in [3.63, 3.8) is 0 Å². The van der Waals surface area contributed by atoms with Gasteiger partial charge in [0, 0.05) is 17.8 Å². The first-order valence-electron chi connectivity index (χ1n) is 8.52. The van der Waals surface area contributed by atoms with Crippen LogP contribution in [0.3, 0.4) is 0 Å². The molecular weight excluding hydrogens is 322 g/mol. The average Bonchev–Trinajstić information content (AvgIpc) is 3.12. The summed E-state index contributed by atoms with van der Waals surface area (Å²) in [6.45, 7) is 0.885. The van der Waals surface area contributed by atoms with Crippen LogP contribution in [0.2, 0.25) is 0 Å². The second kappa shape index (κ2) is 6.73. The van der Waals surface area contributed by atoms with Gasteiger partial charge in [0.05, 0.1) is 23.0 Å². The molecule has 0 saturated heterocycles. The predicted molar refractivity (Wildman–Crippen MR) is 103 cm³/mol. The van der Waals surface area contributed by atoms with E-state index in [9.17, 15) is 4.79 Å². The lowest BCUT2D eigenvalue weighted by Gasteiger charge is -2.23. The van der Waals surface area contributed by atoms with Crippen LogP contribution in [0, 0.1) is 11.3 Å². The number of nitriles is 1. The number of rotatable bonds is 3. The van der Waals surface area contributed by atoms with E-state index in [4.69, 9.17) is 5.26 Å². The van der Waals surface area contributed by atoms with Crippen molar-refractivity contribution in [3.05, 3.63) is 89.5 Å². The summed E-state index contributed by atoms with van der Waals surface area (Å²) < 4.78 is 0. The summed E-state index contributed by atoms with van der Waals surface area (Å²) >= 11 is 0. The lowest BCUT2D eigenvalue weighted by atomic mass is 10.1. The number of hydrogen-bond donors (Lipinski definition) is 1. The van der Waals surface area contributed by atoms with Crippen molar-refractivity contribution < 1.29 is 4.79 Å². The molecule has 1 aliphatic heterocycles. The highest BCUT2D eigenvalue weighted by Crippen LogP contribution is 2.38. The molecule has 0 unspecified atom stereocenters. The normalized spacial score (nSPS) is 12.3. The molecular formula is C22H17N3O. The fourth-order valence-electron chi connectivity index (χ4n) is 3.33. The monoisotopic (exact) mass is 339 g/mol. The molecule has 0 aromatic heterocycles. The van der Waals surface area contributed by atoms with E-state index in [2.05, 4.69) is 34.5 Å². The number of amides is 1. The standard InChI is InChI=1S/C22H17N3O/c23-15-16-6-5-8-18(14-16)22(26)24-19-9-2-4-11-21(19)25-13-12-17-7-1-3-10-20(17)25/h1-11,14H,12-13H2,(H,24,26). The van der Waals surface area contributed by atoms with E-state index in [1.54, 1.807) is 24.3 Å². The lowest BCUT2D eigenvalue weighted by molar-refractivity contribution is 0.102. The van der Waals surface area contributed by atoms with Gasteiger partial charge in [-0.1, -0.05) is 36.4 Å². The van der Waals surface area contributed by atoms with Gasteiger partial charge >= 0.3 is 0 Å². The molecule has 4 rings (SSSR count). The minimum atomic E-state index is -0.220. The first-order chi connectivity index (χ1) is 12.8. The van der Waals surface area contributed by atoms with Gasteiger partial charge in [0.2, 0.25) is 0 Å². The molecule has 0 radical (unpaired) electrons. The Morgan fingerprint density at radius 3 is 2.58 bits per heavy atom. The van der Waals surface area contributed by atoms with Crippen LogP contribution in [0.1, 0.15) is 21.5 Å².